The third-order valence-corrected chi connectivity index (χ3v) is 2.92. The van der Waals surface area contributed by atoms with E-state index in [-0.39, 0.29) is 0 Å². The number of nitrogens with zero attached hydrogens (tertiary/aromatic N) is 4. The van der Waals surface area contributed by atoms with Crippen molar-refractivity contribution in [1.29, 1.82) is 5.26 Å². The third kappa shape index (κ3) is 4.10. The number of benzene rings is 1. The van der Waals surface area contributed by atoms with Crippen molar-refractivity contribution in [3.8, 4) is 6.07 Å². The van der Waals surface area contributed by atoms with Crippen molar-refractivity contribution in [2.24, 2.45) is 5.11 Å². The van der Waals surface area contributed by atoms with Crippen molar-refractivity contribution in [3.05, 3.63) is 44.3 Å². The Labute approximate surface area is 115 Å². The molecule has 1 atom stereocenters. The highest BCUT2D eigenvalue weighted by Gasteiger charge is 2.16. The highest BCUT2D eigenvalue weighted by atomic mass is 35.5. The monoisotopic (exact) mass is 283 g/mol. The van der Waals surface area contributed by atoms with Crippen molar-refractivity contribution >= 4 is 23.2 Å². The Morgan fingerprint density at radius 2 is 2.11 bits per heavy atom. The average Bonchev–Trinajstić information content (AvgIpc) is 2.36. The van der Waals surface area contributed by atoms with Gasteiger partial charge in [0.25, 0.3) is 0 Å². The maximum absolute atomic E-state index is 9.12. The maximum atomic E-state index is 9.12. The van der Waals surface area contributed by atoms with E-state index in [2.05, 4.69) is 21.4 Å². The Morgan fingerprint density at radius 3 is 2.67 bits per heavy atom. The summed E-state index contributed by atoms with van der Waals surface area (Å²) in [6.45, 7) is 0.927. The van der Waals surface area contributed by atoms with Crippen LogP contribution < -0.4 is 5.32 Å². The van der Waals surface area contributed by atoms with Gasteiger partial charge in [0.2, 0.25) is 0 Å². The first kappa shape index (κ1) is 14.6. The van der Waals surface area contributed by atoms with E-state index in [1.54, 1.807) is 18.2 Å². The number of azide groups is 1. The van der Waals surface area contributed by atoms with Gasteiger partial charge in [-0.3, -0.25) is 5.32 Å². The normalized spacial score (nSPS) is 11.4. The van der Waals surface area contributed by atoms with Crippen LogP contribution in [0.25, 0.3) is 10.4 Å². The second-order valence-electron chi connectivity index (χ2n) is 3.46. The molecule has 1 rings (SSSR count). The first-order chi connectivity index (χ1) is 8.70. The van der Waals surface area contributed by atoms with Gasteiger partial charge in [0.15, 0.2) is 0 Å². The van der Waals surface area contributed by atoms with Gasteiger partial charge in [-0.05, 0) is 30.6 Å². The van der Waals surface area contributed by atoms with Crippen LogP contribution in [0.2, 0.25) is 10.0 Å². The zero-order chi connectivity index (χ0) is 13.4. The molecule has 0 amide bonds. The molecule has 1 unspecified atom stereocenters. The molecule has 5 nitrogen and oxygen atoms in total. The van der Waals surface area contributed by atoms with Gasteiger partial charge in [-0.25, -0.2) is 0 Å². The molecule has 1 aromatic carbocycles. The Balaban J connectivity index is 2.67. The molecule has 0 bridgehead atoms. The molecule has 0 fully saturated rings. The molecule has 0 radical (unpaired) electrons. The van der Waals surface area contributed by atoms with E-state index in [9.17, 15) is 0 Å². The number of halogens is 2. The Hall–Kier alpha value is -1.44. The lowest BCUT2D eigenvalue weighted by atomic mass is 10.1. The van der Waals surface area contributed by atoms with Crippen LogP contribution in [0, 0.1) is 11.3 Å². The summed E-state index contributed by atoms with van der Waals surface area (Å²) in [5.41, 5.74) is 8.70. The third-order valence-electron chi connectivity index (χ3n) is 2.26. The smallest absolute Gasteiger partial charge is 0.124 e. The van der Waals surface area contributed by atoms with E-state index < -0.39 is 6.04 Å². The van der Waals surface area contributed by atoms with Crippen molar-refractivity contribution < 1.29 is 0 Å². The molecule has 18 heavy (non-hydrogen) atoms. The topological polar surface area (TPSA) is 84.6 Å². The van der Waals surface area contributed by atoms with Crippen LogP contribution in [-0.2, 0) is 0 Å². The summed E-state index contributed by atoms with van der Waals surface area (Å²) in [6.07, 6.45) is 0.643. The predicted molar refractivity (Wildman–Crippen MR) is 71.4 cm³/mol. The van der Waals surface area contributed by atoms with Crippen LogP contribution in [0.4, 0.5) is 0 Å². The van der Waals surface area contributed by atoms with Gasteiger partial charge in [0, 0.05) is 27.1 Å². The highest BCUT2D eigenvalue weighted by Crippen LogP contribution is 2.29. The van der Waals surface area contributed by atoms with Gasteiger partial charge < -0.3 is 0 Å². The van der Waals surface area contributed by atoms with Crippen molar-refractivity contribution in [2.75, 3.05) is 13.1 Å². The summed E-state index contributed by atoms with van der Waals surface area (Å²) in [4.78, 5) is 2.65. The fourth-order valence-corrected chi connectivity index (χ4v) is 2.06. The first-order valence-corrected chi connectivity index (χ1v) is 6.04. The summed E-state index contributed by atoms with van der Waals surface area (Å²) in [7, 11) is 0. The molecule has 1 N–H and O–H groups in total. The molecular weight excluding hydrogens is 273 g/mol. The van der Waals surface area contributed by atoms with E-state index in [1.165, 1.54) is 0 Å². The Kier molecular flexibility index (Phi) is 6.34. The van der Waals surface area contributed by atoms with Crippen LogP contribution >= 0.6 is 23.2 Å². The van der Waals surface area contributed by atoms with Crippen LogP contribution in [-0.4, -0.2) is 13.1 Å². The molecule has 0 aliphatic carbocycles. The van der Waals surface area contributed by atoms with Gasteiger partial charge in [0.05, 0.1) is 6.07 Å². The lowest BCUT2D eigenvalue weighted by molar-refractivity contribution is 0.607. The average molecular weight is 284 g/mol. The highest BCUT2D eigenvalue weighted by molar-refractivity contribution is 6.36. The van der Waals surface area contributed by atoms with Crippen LogP contribution in [0.15, 0.2) is 23.3 Å². The van der Waals surface area contributed by atoms with Crippen LogP contribution in [0.3, 0.4) is 0 Å². The van der Waals surface area contributed by atoms with E-state index >= 15 is 0 Å². The number of nitriles is 1. The van der Waals surface area contributed by atoms with E-state index in [0.717, 1.165) is 0 Å². The minimum Gasteiger partial charge on any atom is -0.298 e. The molecule has 1 aromatic rings. The van der Waals surface area contributed by atoms with E-state index in [1.807, 2.05) is 0 Å². The lowest BCUT2D eigenvalue weighted by Gasteiger charge is -2.14. The zero-order valence-electron chi connectivity index (χ0n) is 9.48. The zero-order valence-corrected chi connectivity index (χ0v) is 11.0. The van der Waals surface area contributed by atoms with Crippen LogP contribution in [0.1, 0.15) is 18.0 Å². The number of nitrogens with one attached hydrogen (secondary N) is 1. The largest absolute Gasteiger partial charge is 0.298 e. The van der Waals surface area contributed by atoms with E-state index in [4.69, 9.17) is 34.0 Å². The summed E-state index contributed by atoms with van der Waals surface area (Å²) in [5.74, 6) is 0. The number of hydrogen-bond donors (Lipinski definition) is 1. The first-order valence-electron chi connectivity index (χ1n) is 5.28. The molecule has 0 aliphatic heterocycles. The summed E-state index contributed by atoms with van der Waals surface area (Å²) >= 11 is 12.0. The second kappa shape index (κ2) is 7.80. The molecule has 0 aromatic heterocycles. The SMILES string of the molecule is N#CC(NCCCN=[N+]=[N-])c1c(Cl)cccc1Cl. The summed E-state index contributed by atoms with van der Waals surface area (Å²) in [6, 6.07) is 6.64. The Bertz CT molecular complexity index is 470. The van der Waals surface area contributed by atoms with Crippen molar-refractivity contribution in [1.82, 2.24) is 5.32 Å². The molecule has 0 aliphatic rings. The number of rotatable bonds is 6. The van der Waals surface area contributed by atoms with E-state index in [0.29, 0.717) is 35.1 Å². The fraction of sp³-hybridized carbons (Fsp3) is 0.364. The van der Waals surface area contributed by atoms with Crippen molar-refractivity contribution in [2.45, 2.75) is 12.5 Å². The molecule has 0 saturated heterocycles. The maximum Gasteiger partial charge on any atom is 0.124 e. The molecule has 0 saturated carbocycles. The molecule has 0 spiro atoms. The predicted octanol–water partition coefficient (Wildman–Crippen LogP) is 3.85. The molecule has 94 valence electrons. The quantitative estimate of drug-likeness (QED) is 0.372. The van der Waals surface area contributed by atoms with Gasteiger partial charge >= 0.3 is 0 Å². The van der Waals surface area contributed by atoms with Gasteiger partial charge in [0.1, 0.15) is 6.04 Å². The van der Waals surface area contributed by atoms with Gasteiger partial charge in [-0.2, -0.15) is 5.26 Å². The van der Waals surface area contributed by atoms with Crippen molar-refractivity contribution in [3.63, 3.8) is 0 Å². The summed E-state index contributed by atoms with van der Waals surface area (Å²) in [5, 5.41) is 16.5. The minimum absolute atomic E-state index is 0.387. The summed E-state index contributed by atoms with van der Waals surface area (Å²) < 4.78 is 0. The minimum atomic E-state index is -0.572. The second-order valence-corrected chi connectivity index (χ2v) is 4.27. The van der Waals surface area contributed by atoms with Crippen LogP contribution in [0.5, 0.6) is 0 Å². The van der Waals surface area contributed by atoms with Gasteiger partial charge in [-0.15, -0.1) is 0 Å². The molecule has 0 heterocycles. The molecule has 7 heteroatoms. The molecular formula is C11H11Cl2N5. The lowest BCUT2D eigenvalue weighted by Crippen LogP contribution is -2.22. The fourth-order valence-electron chi connectivity index (χ4n) is 1.44. The standard InChI is InChI=1S/C11H11Cl2N5/c12-8-3-1-4-9(13)11(8)10(7-14)16-5-2-6-17-18-15/h1,3-4,10,16H,2,5-6H2. The van der Waals surface area contributed by atoms with Gasteiger partial charge in [-0.1, -0.05) is 34.4 Å². The Morgan fingerprint density at radius 1 is 1.44 bits per heavy atom. The number of hydrogen-bond acceptors (Lipinski definition) is 3.